The van der Waals surface area contributed by atoms with Gasteiger partial charge >= 0.3 is 0 Å². The summed E-state index contributed by atoms with van der Waals surface area (Å²) in [5, 5.41) is 3.95. The molecule has 0 aromatic heterocycles. The molecule has 0 N–H and O–H groups in total. The molecule has 0 saturated heterocycles. The zero-order chi connectivity index (χ0) is 6.41. The third-order valence-corrected chi connectivity index (χ3v) is 0.990. The Morgan fingerprint density at radius 2 is 1.82 bits per heavy atom. The Kier molecular flexibility index (Phi) is 34.6. The number of hydrogen-bond donors (Lipinski definition) is 0. The quantitative estimate of drug-likeness (QED) is 0.397. The summed E-state index contributed by atoms with van der Waals surface area (Å²) in [6.45, 7) is 2.12. The zero-order valence-electron chi connectivity index (χ0n) is 8.39. The van der Waals surface area contributed by atoms with Crippen LogP contribution in [0.2, 0.25) is 0 Å². The van der Waals surface area contributed by atoms with Crippen molar-refractivity contribution in [1.82, 2.24) is 0 Å². The molecule has 1 radical (unpaired) electrons. The smallest absolute Gasteiger partial charge is 0 e. The van der Waals surface area contributed by atoms with Crippen molar-refractivity contribution in [1.29, 1.82) is 0 Å². The maximum absolute atomic E-state index is 3.95. The van der Waals surface area contributed by atoms with Crippen LogP contribution in [-0.2, 0) is 32.7 Å². The molecule has 0 aromatic rings. The van der Waals surface area contributed by atoms with Crippen molar-refractivity contribution >= 4 is 5.84 Å². The Morgan fingerprint density at radius 3 is 1.91 bits per heavy atom. The Labute approximate surface area is 97.1 Å². The van der Waals surface area contributed by atoms with E-state index in [4.69, 9.17) is 0 Å². The van der Waals surface area contributed by atoms with Crippen molar-refractivity contribution in [3.63, 3.8) is 0 Å². The summed E-state index contributed by atoms with van der Waals surface area (Å²) < 4.78 is 0. The molecule has 0 saturated carbocycles. The summed E-state index contributed by atoms with van der Waals surface area (Å²) in [6, 6.07) is 0. The molecule has 0 aromatic carbocycles. The normalized spacial score (nSPS) is 8.45. The molecule has 67 valence electrons. The minimum absolute atomic E-state index is 0. The molecule has 0 aliphatic heterocycles. The zero-order valence-corrected chi connectivity index (χ0v) is 11.2. The van der Waals surface area contributed by atoms with E-state index in [1.54, 1.807) is 14.1 Å². The predicted molar refractivity (Wildman–Crippen MR) is 50.4 cm³/mol. The summed E-state index contributed by atoms with van der Waals surface area (Å²) in [6.07, 6.45) is 2.14. The first-order chi connectivity index (χ1) is 3.85. The minimum Gasteiger partial charge on any atom is -0.473 e. The molecule has 0 heterocycles. The van der Waals surface area contributed by atoms with E-state index in [9.17, 15) is 0 Å². The Morgan fingerprint density at radius 1 is 1.36 bits per heavy atom. The number of nitrogens with zero attached hydrogens (tertiary/aromatic N) is 2. The second kappa shape index (κ2) is 16.9. The summed E-state index contributed by atoms with van der Waals surface area (Å²) >= 11 is 0. The molecule has 0 aliphatic carbocycles. The molecule has 3 heteroatoms. The summed E-state index contributed by atoms with van der Waals surface area (Å²) in [5.74, 6) is 0.965. The third-order valence-electron chi connectivity index (χ3n) is 0.990. The molecule has 0 atom stereocenters. The molecular weight excluding hydrogens is 213 g/mol. The third kappa shape index (κ3) is 13.6. The first-order valence-electron chi connectivity index (χ1n) is 2.90. The molecule has 0 rings (SSSR count). The first-order valence-corrected chi connectivity index (χ1v) is 2.90. The van der Waals surface area contributed by atoms with Crippen LogP contribution in [0, 0.1) is 14.9 Å². The van der Waals surface area contributed by atoms with Crippen LogP contribution in [0.3, 0.4) is 0 Å². The van der Waals surface area contributed by atoms with Crippen LogP contribution < -0.4 is 0 Å². The van der Waals surface area contributed by atoms with Gasteiger partial charge in [0.05, 0.1) is 0 Å². The summed E-state index contributed by atoms with van der Waals surface area (Å²) in [7, 11) is 3.55. The van der Waals surface area contributed by atoms with Crippen LogP contribution in [-0.4, -0.2) is 19.9 Å². The van der Waals surface area contributed by atoms with Gasteiger partial charge in [0.25, 0.3) is 0 Å². The minimum atomic E-state index is 0. The van der Waals surface area contributed by atoms with E-state index in [1.165, 1.54) is 0 Å². The van der Waals surface area contributed by atoms with E-state index in [0.717, 1.165) is 18.7 Å². The van der Waals surface area contributed by atoms with Crippen molar-refractivity contribution in [2.24, 2.45) is 4.99 Å². The fourth-order valence-corrected chi connectivity index (χ4v) is 0.547. The maximum Gasteiger partial charge on any atom is 0 e. The van der Waals surface area contributed by atoms with E-state index < -0.39 is 0 Å². The van der Waals surface area contributed by atoms with E-state index >= 15 is 0 Å². The van der Waals surface area contributed by atoms with Crippen molar-refractivity contribution < 1.29 is 32.7 Å². The van der Waals surface area contributed by atoms with Crippen molar-refractivity contribution in [3.8, 4) is 0 Å². The van der Waals surface area contributed by atoms with Crippen LogP contribution >= 0.6 is 0 Å². The fraction of sp³-hybridized carbons (Fsp3) is 0.625. The van der Waals surface area contributed by atoms with Gasteiger partial charge in [-0.3, -0.25) is 0 Å². The number of hydrogen-bond acceptors (Lipinski definition) is 1. The van der Waals surface area contributed by atoms with Gasteiger partial charge in [0.1, 0.15) is 0 Å². The van der Waals surface area contributed by atoms with Gasteiger partial charge in [-0.05, 0) is 6.42 Å². The van der Waals surface area contributed by atoms with Crippen LogP contribution in [0.1, 0.15) is 19.8 Å². The number of aliphatic imine (C=N–C) groups is 1. The van der Waals surface area contributed by atoms with E-state index in [0.29, 0.717) is 0 Å². The molecule has 11 heavy (non-hydrogen) atoms. The Balaban J connectivity index is -0.0000000817. The molecule has 2 nitrogen and oxygen atoms in total. The summed E-state index contributed by atoms with van der Waals surface area (Å²) in [4.78, 5) is 3.95. The maximum atomic E-state index is 3.95. The van der Waals surface area contributed by atoms with Gasteiger partial charge in [-0.1, -0.05) is 33.3 Å². The van der Waals surface area contributed by atoms with E-state index in [-0.39, 0.29) is 47.6 Å². The molecule has 0 aliphatic rings. The average molecular weight is 232 g/mol. The van der Waals surface area contributed by atoms with Crippen molar-refractivity contribution in [3.05, 3.63) is 20.2 Å². The number of rotatable bonds is 2. The van der Waals surface area contributed by atoms with Gasteiger partial charge < -0.3 is 25.2 Å². The molecular formula is C8H19N2Y-3. The van der Waals surface area contributed by atoms with Crippen LogP contribution in [0.4, 0.5) is 0 Å². The standard InChI is InChI=1S/C6H13N2.2CH3.Y/c1-4-5-6(7-2)8-3;;;/h4-5H2,1-3H3;2*1H3;/q3*-1;. The van der Waals surface area contributed by atoms with Crippen molar-refractivity contribution in [2.45, 2.75) is 19.8 Å². The van der Waals surface area contributed by atoms with E-state index in [1.807, 2.05) is 0 Å². The SMILES string of the molecule is CCCC(=NC)[N-]C.[CH3-].[CH3-].[Y]. The molecule has 0 bridgehead atoms. The van der Waals surface area contributed by atoms with Gasteiger partial charge in [0.2, 0.25) is 0 Å². The number of amidine groups is 1. The van der Waals surface area contributed by atoms with Gasteiger partial charge in [0.15, 0.2) is 0 Å². The Bertz CT molecular complexity index is 82.2. The molecule has 0 fully saturated rings. The van der Waals surface area contributed by atoms with Gasteiger partial charge in [-0.15, -0.1) is 0 Å². The summed E-state index contributed by atoms with van der Waals surface area (Å²) in [5.41, 5.74) is 0. The van der Waals surface area contributed by atoms with Crippen LogP contribution in [0.25, 0.3) is 5.32 Å². The van der Waals surface area contributed by atoms with Crippen LogP contribution in [0.15, 0.2) is 4.99 Å². The second-order valence-electron chi connectivity index (χ2n) is 1.61. The molecule has 0 spiro atoms. The predicted octanol–water partition coefficient (Wildman–Crippen LogP) is 2.72. The van der Waals surface area contributed by atoms with Gasteiger partial charge in [-0.2, -0.15) is 0 Å². The van der Waals surface area contributed by atoms with Crippen LogP contribution in [0.5, 0.6) is 0 Å². The van der Waals surface area contributed by atoms with E-state index in [2.05, 4.69) is 17.2 Å². The molecule has 0 unspecified atom stereocenters. The fourth-order valence-electron chi connectivity index (χ4n) is 0.547. The first kappa shape index (κ1) is 22.6. The average Bonchev–Trinajstić information content (AvgIpc) is 1.83. The topological polar surface area (TPSA) is 26.5 Å². The molecule has 0 amide bonds. The second-order valence-corrected chi connectivity index (χ2v) is 1.61. The van der Waals surface area contributed by atoms with Gasteiger partial charge in [0, 0.05) is 32.7 Å². The largest absolute Gasteiger partial charge is 0.473 e. The Hall–Kier alpha value is 0.574. The monoisotopic (exact) mass is 232 g/mol. The van der Waals surface area contributed by atoms with Gasteiger partial charge in [-0.25, -0.2) is 0 Å². The van der Waals surface area contributed by atoms with Crippen molar-refractivity contribution in [2.75, 3.05) is 14.1 Å².